The van der Waals surface area contributed by atoms with Crippen LogP contribution in [0, 0.1) is 5.92 Å². The quantitative estimate of drug-likeness (QED) is 0.689. The van der Waals surface area contributed by atoms with Gasteiger partial charge in [-0.1, -0.05) is 19.3 Å². The van der Waals surface area contributed by atoms with Crippen molar-refractivity contribution in [2.24, 2.45) is 5.92 Å². The van der Waals surface area contributed by atoms with Gasteiger partial charge in [0.15, 0.2) is 6.29 Å². The average molecular weight is 215 g/mol. The molecule has 1 rings (SSSR count). The molecule has 1 saturated carbocycles. The molecule has 1 aliphatic rings. The summed E-state index contributed by atoms with van der Waals surface area (Å²) in [7, 11) is 3.36. The van der Waals surface area contributed by atoms with Crippen molar-refractivity contribution in [1.82, 2.24) is 5.32 Å². The minimum atomic E-state index is -0.115. The second kappa shape index (κ2) is 7.20. The van der Waals surface area contributed by atoms with Crippen LogP contribution in [0.15, 0.2) is 0 Å². The Kier molecular flexibility index (Phi) is 6.22. The molecule has 0 aromatic rings. The summed E-state index contributed by atoms with van der Waals surface area (Å²) in [6.07, 6.45) is 6.85. The molecule has 0 spiro atoms. The molecule has 0 saturated heterocycles. The summed E-state index contributed by atoms with van der Waals surface area (Å²) in [4.78, 5) is 0. The number of ether oxygens (including phenoxy) is 2. The van der Waals surface area contributed by atoms with Gasteiger partial charge in [0.2, 0.25) is 0 Å². The standard InChI is InChI=1S/C12H25NO2/c1-10(11-7-5-4-6-8-11)13-9-12(14-2)15-3/h10-13H,4-9H2,1-3H3/t10-/m0/s1. The van der Waals surface area contributed by atoms with Crippen LogP contribution in [-0.4, -0.2) is 33.1 Å². The zero-order chi connectivity index (χ0) is 11.1. The van der Waals surface area contributed by atoms with E-state index in [-0.39, 0.29) is 6.29 Å². The molecule has 0 amide bonds. The highest BCUT2D eigenvalue weighted by Crippen LogP contribution is 2.26. The van der Waals surface area contributed by atoms with Crippen LogP contribution in [0.3, 0.4) is 0 Å². The lowest BCUT2D eigenvalue weighted by Crippen LogP contribution is -2.40. The fraction of sp³-hybridized carbons (Fsp3) is 1.00. The fourth-order valence-electron chi connectivity index (χ4n) is 2.35. The second-order valence-corrected chi connectivity index (χ2v) is 4.50. The van der Waals surface area contributed by atoms with Gasteiger partial charge in [0, 0.05) is 26.8 Å². The van der Waals surface area contributed by atoms with Crippen LogP contribution in [0.2, 0.25) is 0 Å². The van der Waals surface area contributed by atoms with Gasteiger partial charge in [0.25, 0.3) is 0 Å². The molecule has 0 aromatic heterocycles. The van der Waals surface area contributed by atoms with Crippen LogP contribution in [0.25, 0.3) is 0 Å². The first kappa shape index (κ1) is 12.9. The Labute approximate surface area is 93.5 Å². The van der Waals surface area contributed by atoms with Gasteiger partial charge in [0.1, 0.15) is 0 Å². The van der Waals surface area contributed by atoms with Gasteiger partial charge in [-0.25, -0.2) is 0 Å². The number of rotatable bonds is 6. The Hall–Kier alpha value is -0.120. The third-order valence-corrected chi connectivity index (χ3v) is 3.49. The summed E-state index contributed by atoms with van der Waals surface area (Å²) < 4.78 is 10.3. The molecule has 3 nitrogen and oxygen atoms in total. The lowest BCUT2D eigenvalue weighted by atomic mass is 9.84. The third-order valence-electron chi connectivity index (χ3n) is 3.49. The van der Waals surface area contributed by atoms with E-state index in [1.54, 1.807) is 14.2 Å². The average Bonchev–Trinajstić information content (AvgIpc) is 2.31. The van der Waals surface area contributed by atoms with E-state index in [4.69, 9.17) is 9.47 Å². The SMILES string of the molecule is COC(CN[C@@H](C)C1CCCCC1)OC. The molecular formula is C12H25NO2. The van der Waals surface area contributed by atoms with Crippen LogP contribution >= 0.6 is 0 Å². The van der Waals surface area contributed by atoms with Gasteiger partial charge in [-0.3, -0.25) is 0 Å². The van der Waals surface area contributed by atoms with Crippen LogP contribution in [0.5, 0.6) is 0 Å². The Morgan fingerprint density at radius 1 is 1.13 bits per heavy atom. The maximum Gasteiger partial charge on any atom is 0.169 e. The molecular weight excluding hydrogens is 190 g/mol. The van der Waals surface area contributed by atoms with Gasteiger partial charge < -0.3 is 14.8 Å². The van der Waals surface area contributed by atoms with Crippen LogP contribution in [-0.2, 0) is 9.47 Å². The minimum absolute atomic E-state index is 0.115. The van der Waals surface area contributed by atoms with Crippen molar-refractivity contribution in [2.75, 3.05) is 20.8 Å². The maximum atomic E-state index is 5.15. The summed E-state index contributed by atoms with van der Waals surface area (Å²) in [5.74, 6) is 0.841. The lowest BCUT2D eigenvalue weighted by molar-refractivity contribution is -0.100. The smallest absolute Gasteiger partial charge is 0.169 e. The third kappa shape index (κ3) is 4.49. The van der Waals surface area contributed by atoms with Gasteiger partial charge >= 0.3 is 0 Å². The summed E-state index contributed by atoms with van der Waals surface area (Å²) in [5, 5.41) is 3.50. The lowest BCUT2D eigenvalue weighted by Gasteiger charge is -2.29. The van der Waals surface area contributed by atoms with Crippen molar-refractivity contribution in [3.63, 3.8) is 0 Å². The zero-order valence-corrected chi connectivity index (χ0v) is 10.3. The first-order valence-corrected chi connectivity index (χ1v) is 6.07. The Balaban J connectivity index is 2.18. The van der Waals surface area contributed by atoms with E-state index in [0.29, 0.717) is 6.04 Å². The summed E-state index contributed by atoms with van der Waals surface area (Å²) in [6.45, 7) is 3.06. The van der Waals surface area contributed by atoms with E-state index in [1.165, 1.54) is 32.1 Å². The van der Waals surface area contributed by atoms with E-state index < -0.39 is 0 Å². The summed E-state index contributed by atoms with van der Waals surface area (Å²) in [6, 6.07) is 0.582. The fourth-order valence-corrected chi connectivity index (χ4v) is 2.35. The van der Waals surface area contributed by atoms with E-state index in [0.717, 1.165) is 12.5 Å². The number of hydrogen-bond donors (Lipinski definition) is 1. The Bertz CT molecular complexity index is 154. The van der Waals surface area contributed by atoms with Crippen molar-refractivity contribution in [2.45, 2.75) is 51.4 Å². The van der Waals surface area contributed by atoms with E-state index in [2.05, 4.69) is 12.2 Å². The molecule has 0 bridgehead atoms. The molecule has 1 fully saturated rings. The molecule has 3 heteroatoms. The molecule has 1 N–H and O–H groups in total. The maximum absolute atomic E-state index is 5.15. The van der Waals surface area contributed by atoms with Gasteiger partial charge in [-0.05, 0) is 25.7 Å². The first-order chi connectivity index (χ1) is 7.27. The van der Waals surface area contributed by atoms with Crippen molar-refractivity contribution in [3.8, 4) is 0 Å². The number of methoxy groups -OCH3 is 2. The zero-order valence-electron chi connectivity index (χ0n) is 10.3. The van der Waals surface area contributed by atoms with Crippen LogP contribution in [0.1, 0.15) is 39.0 Å². The van der Waals surface area contributed by atoms with Gasteiger partial charge in [0.05, 0.1) is 0 Å². The molecule has 1 aliphatic carbocycles. The van der Waals surface area contributed by atoms with E-state index in [1.807, 2.05) is 0 Å². The minimum Gasteiger partial charge on any atom is -0.355 e. The Morgan fingerprint density at radius 3 is 2.27 bits per heavy atom. The van der Waals surface area contributed by atoms with Crippen molar-refractivity contribution >= 4 is 0 Å². The van der Waals surface area contributed by atoms with Crippen LogP contribution < -0.4 is 5.32 Å². The monoisotopic (exact) mass is 215 g/mol. The molecule has 0 heterocycles. The molecule has 0 aromatic carbocycles. The van der Waals surface area contributed by atoms with Gasteiger partial charge in [-0.15, -0.1) is 0 Å². The summed E-state index contributed by atoms with van der Waals surface area (Å²) in [5.41, 5.74) is 0. The topological polar surface area (TPSA) is 30.5 Å². The predicted molar refractivity (Wildman–Crippen MR) is 61.8 cm³/mol. The largest absolute Gasteiger partial charge is 0.355 e. The van der Waals surface area contributed by atoms with Gasteiger partial charge in [-0.2, -0.15) is 0 Å². The molecule has 0 radical (unpaired) electrons. The molecule has 1 atom stereocenters. The highest BCUT2D eigenvalue weighted by atomic mass is 16.7. The van der Waals surface area contributed by atoms with Crippen molar-refractivity contribution < 1.29 is 9.47 Å². The highest BCUT2D eigenvalue weighted by Gasteiger charge is 2.20. The molecule has 90 valence electrons. The molecule has 15 heavy (non-hydrogen) atoms. The number of hydrogen-bond acceptors (Lipinski definition) is 3. The van der Waals surface area contributed by atoms with Crippen molar-refractivity contribution in [3.05, 3.63) is 0 Å². The molecule has 0 unspecified atom stereocenters. The summed E-state index contributed by atoms with van der Waals surface area (Å²) >= 11 is 0. The van der Waals surface area contributed by atoms with E-state index in [9.17, 15) is 0 Å². The van der Waals surface area contributed by atoms with Crippen LogP contribution in [0.4, 0.5) is 0 Å². The number of nitrogens with one attached hydrogen (secondary N) is 1. The van der Waals surface area contributed by atoms with Crippen molar-refractivity contribution in [1.29, 1.82) is 0 Å². The Morgan fingerprint density at radius 2 is 1.73 bits per heavy atom. The van der Waals surface area contributed by atoms with E-state index >= 15 is 0 Å². The first-order valence-electron chi connectivity index (χ1n) is 6.07. The normalized spacial score (nSPS) is 20.8. The highest BCUT2D eigenvalue weighted by molar-refractivity contribution is 4.76. The second-order valence-electron chi connectivity index (χ2n) is 4.50. The predicted octanol–water partition coefficient (Wildman–Crippen LogP) is 2.16. The molecule has 0 aliphatic heterocycles.